The first-order valence-electron chi connectivity index (χ1n) is 8.77. The first-order chi connectivity index (χ1) is 11.8. The molecule has 2 aromatic carbocycles. The van der Waals surface area contributed by atoms with Crippen LogP contribution in [-0.4, -0.2) is 16.9 Å². The van der Waals surface area contributed by atoms with Gasteiger partial charge in [-0.1, -0.05) is 56.3 Å². The van der Waals surface area contributed by atoms with E-state index in [1.807, 2.05) is 42.5 Å². The van der Waals surface area contributed by atoms with Crippen LogP contribution in [0.4, 0.5) is 0 Å². The highest BCUT2D eigenvalue weighted by molar-refractivity contribution is 6.01. The van der Waals surface area contributed by atoms with Crippen molar-refractivity contribution < 1.29 is 14.7 Å². The molecule has 0 radical (unpaired) electrons. The lowest BCUT2D eigenvalue weighted by Gasteiger charge is -2.38. The van der Waals surface area contributed by atoms with Gasteiger partial charge in [0.25, 0.3) is 0 Å². The number of hydrogen-bond donors (Lipinski definition) is 1. The number of fused-ring (bicyclic) bond motifs is 3. The van der Waals surface area contributed by atoms with Gasteiger partial charge in [-0.05, 0) is 41.2 Å². The molecule has 0 amide bonds. The molecule has 0 saturated heterocycles. The summed E-state index contributed by atoms with van der Waals surface area (Å²) in [6.45, 7) is 6.29. The Labute approximate surface area is 147 Å². The average molecular weight is 337 g/mol. The molecule has 0 aliphatic heterocycles. The number of rotatable bonds is 2. The normalized spacial score (nSPS) is 31.6. The van der Waals surface area contributed by atoms with Gasteiger partial charge in [0, 0.05) is 11.8 Å². The summed E-state index contributed by atoms with van der Waals surface area (Å²) in [7, 11) is 0. The fraction of sp³-hybridized carbons (Fsp3) is 0.429. The number of carbonyl (C=O) groups excluding carboxylic acids is 1. The van der Waals surface area contributed by atoms with Crippen molar-refractivity contribution in [3.05, 3.63) is 42.5 Å². The van der Waals surface area contributed by atoms with E-state index in [1.54, 1.807) is 0 Å². The topological polar surface area (TPSA) is 58.9 Å². The molecule has 0 spiro atoms. The maximum atomic E-state index is 13.2. The summed E-state index contributed by atoms with van der Waals surface area (Å²) >= 11 is 0. The molecular weight excluding hydrogens is 314 g/mol. The van der Waals surface area contributed by atoms with Crippen LogP contribution in [0, 0.1) is 16.2 Å². The van der Waals surface area contributed by atoms with E-state index in [-0.39, 0.29) is 16.8 Å². The Morgan fingerprint density at radius 2 is 1.80 bits per heavy atom. The minimum Gasteiger partial charge on any atom is -0.426 e. The van der Waals surface area contributed by atoms with Crippen LogP contribution >= 0.6 is 0 Å². The number of ether oxygens (including phenoxy) is 1. The van der Waals surface area contributed by atoms with Gasteiger partial charge in [-0.25, -0.2) is 0 Å². The highest BCUT2D eigenvalue weighted by Gasteiger charge is 2.72. The highest BCUT2D eigenvalue weighted by atomic mass is 16.5. The van der Waals surface area contributed by atoms with Gasteiger partial charge in [0.1, 0.15) is 5.75 Å². The van der Waals surface area contributed by atoms with E-state index < -0.39 is 5.41 Å². The van der Waals surface area contributed by atoms with E-state index in [4.69, 9.17) is 4.74 Å². The van der Waals surface area contributed by atoms with Crippen molar-refractivity contribution in [2.45, 2.75) is 40.0 Å². The summed E-state index contributed by atoms with van der Waals surface area (Å²) in [5, 5.41) is 15.1. The molecule has 4 nitrogen and oxygen atoms in total. The Bertz CT molecular complexity index is 901. The van der Waals surface area contributed by atoms with Crippen molar-refractivity contribution in [3.8, 4) is 5.75 Å². The third-order valence-electron chi connectivity index (χ3n) is 7.18. The number of hydrogen-bond acceptors (Lipinski definition) is 4. The van der Waals surface area contributed by atoms with Crippen LogP contribution in [0.3, 0.4) is 0 Å². The predicted molar refractivity (Wildman–Crippen MR) is 97.0 cm³/mol. The molecule has 130 valence electrons. The van der Waals surface area contributed by atoms with E-state index in [0.717, 1.165) is 29.3 Å². The van der Waals surface area contributed by atoms with E-state index in [9.17, 15) is 10.0 Å². The number of benzene rings is 2. The fourth-order valence-corrected chi connectivity index (χ4v) is 4.92. The molecule has 4 rings (SSSR count). The second-order valence-electron chi connectivity index (χ2n) is 8.16. The van der Waals surface area contributed by atoms with Crippen LogP contribution in [0.2, 0.25) is 0 Å². The lowest BCUT2D eigenvalue weighted by Crippen LogP contribution is -2.42. The molecule has 0 aromatic heterocycles. The summed E-state index contributed by atoms with van der Waals surface area (Å²) in [5.41, 5.74) is -0.478. The van der Waals surface area contributed by atoms with E-state index >= 15 is 0 Å². The van der Waals surface area contributed by atoms with Gasteiger partial charge in [-0.3, -0.25) is 4.79 Å². The highest BCUT2D eigenvalue weighted by Crippen LogP contribution is 2.71. The van der Waals surface area contributed by atoms with E-state index in [2.05, 4.69) is 25.9 Å². The summed E-state index contributed by atoms with van der Waals surface area (Å²) in [4.78, 5) is 13.2. The number of nitrogens with zero attached hydrogens (tertiary/aromatic N) is 1. The standard InChI is InChI=1S/C21H23NO3/c1-19(2)20(3)10-11-21(19,13-17(20)22-24)18(23)25-16-9-8-14-6-4-5-7-15(14)12-16/h4-9,12,24H,10-11,13H2,1-3H3/b22-17+. The second kappa shape index (κ2) is 5.07. The smallest absolute Gasteiger partial charge is 0.318 e. The number of oxime groups is 1. The molecular formula is C21H23NO3. The average Bonchev–Trinajstić information content (AvgIpc) is 2.91. The molecule has 2 aliphatic carbocycles. The molecule has 1 N–H and O–H groups in total. The zero-order chi connectivity index (χ0) is 17.9. The molecule has 25 heavy (non-hydrogen) atoms. The Morgan fingerprint density at radius 3 is 2.48 bits per heavy atom. The quantitative estimate of drug-likeness (QED) is 0.371. The minimum absolute atomic E-state index is 0.213. The molecule has 2 unspecified atom stereocenters. The Hall–Kier alpha value is -2.36. The van der Waals surface area contributed by atoms with Gasteiger partial charge in [-0.2, -0.15) is 0 Å². The van der Waals surface area contributed by atoms with Crippen LogP contribution in [0.1, 0.15) is 40.0 Å². The molecule has 0 heterocycles. The summed E-state index contributed by atoms with van der Waals surface area (Å²) in [6.07, 6.45) is 2.08. The molecule has 2 fully saturated rings. The third kappa shape index (κ3) is 1.94. The largest absolute Gasteiger partial charge is 0.426 e. The van der Waals surface area contributed by atoms with Gasteiger partial charge in [0.05, 0.1) is 11.1 Å². The van der Waals surface area contributed by atoms with Gasteiger partial charge < -0.3 is 9.94 Å². The Balaban J connectivity index is 1.68. The fourth-order valence-electron chi connectivity index (χ4n) is 4.92. The van der Waals surface area contributed by atoms with Crippen LogP contribution < -0.4 is 4.74 Å². The van der Waals surface area contributed by atoms with E-state index in [0.29, 0.717) is 12.2 Å². The van der Waals surface area contributed by atoms with Gasteiger partial charge >= 0.3 is 5.97 Å². The van der Waals surface area contributed by atoms with Crippen molar-refractivity contribution in [2.75, 3.05) is 0 Å². The summed E-state index contributed by atoms with van der Waals surface area (Å²) < 4.78 is 5.83. The predicted octanol–water partition coefficient (Wildman–Crippen LogP) is 4.79. The second-order valence-corrected chi connectivity index (χ2v) is 8.16. The molecule has 2 aromatic rings. The summed E-state index contributed by atoms with van der Waals surface area (Å²) in [6, 6.07) is 13.7. The zero-order valence-corrected chi connectivity index (χ0v) is 14.9. The minimum atomic E-state index is -0.630. The van der Waals surface area contributed by atoms with Crippen LogP contribution in [-0.2, 0) is 4.79 Å². The SMILES string of the molecule is CC12CCC(C(=O)Oc3ccc4ccccc4c3)(C/C1=N\O)C2(C)C. The zero-order valence-electron chi connectivity index (χ0n) is 14.9. The van der Waals surface area contributed by atoms with Crippen molar-refractivity contribution in [1.29, 1.82) is 0 Å². The molecule has 2 atom stereocenters. The maximum Gasteiger partial charge on any atom is 0.318 e. The monoisotopic (exact) mass is 337 g/mol. The lowest BCUT2D eigenvalue weighted by molar-refractivity contribution is -0.151. The van der Waals surface area contributed by atoms with Gasteiger partial charge in [0.2, 0.25) is 0 Å². The van der Waals surface area contributed by atoms with Crippen LogP contribution in [0.5, 0.6) is 5.75 Å². The van der Waals surface area contributed by atoms with Crippen molar-refractivity contribution >= 4 is 22.5 Å². The summed E-state index contributed by atoms with van der Waals surface area (Å²) in [5.74, 6) is 0.354. The lowest BCUT2D eigenvalue weighted by atomic mass is 9.65. The first kappa shape index (κ1) is 16.1. The van der Waals surface area contributed by atoms with Gasteiger partial charge in [0.15, 0.2) is 0 Å². The molecule has 2 saturated carbocycles. The number of carbonyl (C=O) groups is 1. The van der Waals surface area contributed by atoms with Crippen LogP contribution in [0.15, 0.2) is 47.6 Å². The Morgan fingerprint density at radius 1 is 1.08 bits per heavy atom. The van der Waals surface area contributed by atoms with Gasteiger partial charge in [-0.15, -0.1) is 0 Å². The first-order valence-corrected chi connectivity index (χ1v) is 8.77. The molecule has 4 heteroatoms. The third-order valence-corrected chi connectivity index (χ3v) is 7.18. The molecule has 2 bridgehead atoms. The van der Waals surface area contributed by atoms with E-state index in [1.165, 1.54) is 0 Å². The Kier molecular flexibility index (Phi) is 3.27. The van der Waals surface area contributed by atoms with Crippen molar-refractivity contribution in [2.24, 2.45) is 21.4 Å². The van der Waals surface area contributed by atoms with Crippen molar-refractivity contribution in [3.63, 3.8) is 0 Å². The molecule has 2 aliphatic rings. The maximum absolute atomic E-state index is 13.2. The number of esters is 1. The van der Waals surface area contributed by atoms with Crippen LogP contribution in [0.25, 0.3) is 10.8 Å². The van der Waals surface area contributed by atoms with Crippen molar-refractivity contribution in [1.82, 2.24) is 0 Å².